The van der Waals surface area contributed by atoms with Gasteiger partial charge in [-0.25, -0.2) is 9.59 Å². The van der Waals surface area contributed by atoms with Gasteiger partial charge in [0.05, 0.1) is 24.3 Å². The van der Waals surface area contributed by atoms with Gasteiger partial charge in [-0.3, -0.25) is 14.5 Å². The number of carboxylic acids is 1. The summed E-state index contributed by atoms with van der Waals surface area (Å²) in [4.78, 5) is 57.5. The molecule has 12 heteroatoms. The molecule has 3 aliphatic rings. The molecule has 0 spiro atoms. The molecule has 1 aromatic carbocycles. The summed E-state index contributed by atoms with van der Waals surface area (Å²) in [5.41, 5.74) is 0.721. The number of carboxylic acid groups (broad SMARTS) is 1. The van der Waals surface area contributed by atoms with Gasteiger partial charge in [-0.2, -0.15) is 0 Å². The highest BCUT2D eigenvalue weighted by Gasteiger charge is 2.44. The number of nitrogens with zero attached hydrogens (tertiary/aromatic N) is 2. The molecule has 3 fully saturated rings. The van der Waals surface area contributed by atoms with Gasteiger partial charge in [0.2, 0.25) is 5.91 Å². The Bertz CT molecular complexity index is 1460. The second kappa shape index (κ2) is 15.5. The predicted octanol–water partition coefficient (Wildman–Crippen LogP) is 3.95. The van der Waals surface area contributed by atoms with Crippen molar-refractivity contribution < 1.29 is 33.7 Å². The number of benzene rings is 1. The van der Waals surface area contributed by atoms with E-state index in [2.05, 4.69) is 15.2 Å². The first-order chi connectivity index (χ1) is 22.5. The maximum Gasteiger partial charge on any atom is 0.408 e. The van der Waals surface area contributed by atoms with E-state index in [4.69, 9.17) is 14.2 Å². The van der Waals surface area contributed by atoms with E-state index in [-0.39, 0.29) is 23.5 Å². The lowest BCUT2D eigenvalue weighted by Crippen LogP contribution is -2.56. The number of H-pyrrole nitrogens is 1. The van der Waals surface area contributed by atoms with Crippen molar-refractivity contribution in [3.8, 4) is 5.75 Å². The van der Waals surface area contributed by atoms with Gasteiger partial charge in [-0.05, 0) is 62.0 Å². The minimum Gasteiger partial charge on any atom is -0.491 e. The highest BCUT2D eigenvalue weighted by molar-refractivity contribution is 5.90. The number of morpholine rings is 1. The van der Waals surface area contributed by atoms with Crippen LogP contribution < -0.4 is 15.6 Å². The number of aromatic nitrogens is 1. The van der Waals surface area contributed by atoms with Crippen molar-refractivity contribution in [2.75, 3.05) is 46.0 Å². The number of pyridine rings is 1. The van der Waals surface area contributed by atoms with Crippen LogP contribution in [0.2, 0.25) is 0 Å². The zero-order valence-electron chi connectivity index (χ0n) is 27.9. The zero-order chi connectivity index (χ0) is 33.6. The summed E-state index contributed by atoms with van der Waals surface area (Å²) < 4.78 is 17.4. The molecule has 3 N–H and O–H groups in total. The third-order valence-electron chi connectivity index (χ3n) is 9.54. The van der Waals surface area contributed by atoms with Gasteiger partial charge in [-0.1, -0.05) is 45.7 Å². The van der Waals surface area contributed by atoms with E-state index in [1.54, 1.807) is 0 Å². The van der Waals surface area contributed by atoms with Crippen LogP contribution in [0.25, 0.3) is 10.9 Å². The van der Waals surface area contributed by atoms with Crippen LogP contribution in [0.4, 0.5) is 4.79 Å². The minimum absolute atomic E-state index is 0.109. The smallest absolute Gasteiger partial charge is 0.408 e. The lowest BCUT2D eigenvalue weighted by atomic mass is 9.85. The number of aliphatic carboxylic acids is 1. The molecule has 258 valence electrons. The normalized spacial score (nSPS) is 22.2. The number of para-hydroxylation sites is 1. The molecule has 47 heavy (non-hydrogen) atoms. The summed E-state index contributed by atoms with van der Waals surface area (Å²) in [6, 6.07) is 5.99. The summed E-state index contributed by atoms with van der Waals surface area (Å²) in [6.07, 6.45) is 5.20. The van der Waals surface area contributed by atoms with E-state index in [1.165, 1.54) is 4.90 Å². The molecule has 4 atom stereocenters. The molecule has 1 aliphatic carbocycles. The van der Waals surface area contributed by atoms with Crippen LogP contribution in [0.3, 0.4) is 0 Å². The number of aromatic amines is 1. The Kier molecular flexibility index (Phi) is 11.4. The van der Waals surface area contributed by atoms with Crippen molar-refractivity contribution in [1.82, 2.24) is 20.1 Å². The molecule has 1 aromatic heterocycles. The van der Waals surface area contributed by atoms with E-state index < -0.39 is 29.6 Å². The fraction of sp³-hybridized carbons (Fsp3) is 0.657. The van der Waals surface area contributed by atoms with Crippen LogP contribution >= 0.6 is 0 Å². The zero-order valence-corrected chi connectivity index (χ0v) is 27.9. The number of nitrogens with one attached hydrogen (secondary N) is 2. The van der Waals surface area contributed by atoms with Crippen molar-refractivity contribution in [3.63, 3.8) is 0 Å². The van der Waals surface area contributed by atoms with Crippen molar-refractivity contribution in [2.24, 2.45) is 11.3 Å². The Morgan fingerprint density at radius 2 is 1.87 bits per heavy atom. The van der Waals surface area contributed by atoms with Crippen LogP contribution in [0.5, 0.6) is 5.75 Å². The number of carbonyl (C=O) groups excluding carboxylic acids is 2. The van der Waals surface area contributed by atoms with Crippen LogP contribution in [0, 0.1) is 11.3 Å². The molecule has 3 heterocycles. The first-order valence-electron chi connectivity index (χ1n) is 17.1. The number of likely N-dealkylation sites (tertiary alicyclic amines) is 1. The van der Waals surface area contributed by atoms with Gasteiger partial charge in [0.1, 0.15) is 30.5 Å². The number of unbranched alkanes of at least 4 members (excludes halogenated alkanes) is 2. The van der Waals surface area contributed by atoms with Gasteiger partial charge in [0.15, 0.2) is 0 Å². The highest BCUT2D eigenvalue weighted by Crippen LogP contribution is 2.38. The monoisotopic (exact) mass is 654 g/mol. The maximum atomic E-state index is 13.3. The van der Waals surface area contributed by atoms with E-state index >= 15 is 0 Å². The number of hydrogen-bond acceptors (Lipinski definition) is 8. The SMILES string of the molecule is CC(C)(C)[C@H](NC(=O)OC1C[C@H]1CCCCCc1c(OCCN2CCOCC2)c2ccccc2[nH]c1=O)C(=O)N1CCC[C@H]1C(=O)O. The summed E-state index contributed by atoms with van der Waals surface area (Å²) in [5, 5.41) is 13.2. The Morgan fingerprint density at radius 3 is 2.62 bits per heavy atom. The molecule has 1 saturated carbocycles. The molecule has 1 unspecified atom stereocenters. The van der Waals surface area contributed by atoms with E-state index in [1.807, 2.05) is 45.0 Å². The van der Waals surface area contributed by atoms with Crippen LogP contribution in [-0.4, -0.2) is 102 Å². The quantitative estimate of drug-likeness (QED) is 0.257. The van der Waals surface area contributed by atoms with Crippen LogP contribution in [-0.2, 0) is 25.5 Å². The number of amides is 2. The van der Waals surface area contributed by atoms with Crippen molar-refractivity contribution >= 4 is 28.9 Å². The largest absolute Gasteiger partial charge is 0.491 e. The second-order valence-corrected chi connectivity index (χ2v) is 14.1. The van der Waals surface area contributed by atoms with Gasteiger partial charge >= 0.3 is 12.1 Å². The second-order valence-electron chi connectivity index (χ2n) is 14.1. The molecular weight excluding hydrogens is 604 g/mol. The third-order valence-corrected chi connectivity index (χ3v) is 9.54. The average molecular weight is 655 g/mol. The molecule has 5 rings (SSSR count). The summed E-state index contributed by atoms with van der Waals surface area (Å²) in [6.45, 7) is 10.4. The number of hydrogen-bond donors (Lipinski definition) is 3. The molecule has 2 aliphatic heterocycles. The summed E-state index contributed by atoms with van der Waals surface area (Å²) >= 11 is 0. The van der Waals surface area contributed by atoms with Gasteiger partial charge in [0.25, 0.3) is 5.56 Å². The molecular formula is C35H50N4O8. The third kappa shape index (κ3) is 9.04. The number of fused-ring (bicyclic) bond motifs is 1. The topological polar surface area (TPSA) is 150 Å². The number of alkyl carbamates (subject to hydrolysis) is 1. The number of rotatable bonds is 14. The molecule has 2 saturated heterocycles. The average Bonchev–Trinajstić information content (AvgIpc) is 3.56. The fourth-order valence-corrected chi connectivity index (χ4v) is 6.69. The van der Waals surface area contributed by atoms with Crippen LogP contribution in [0.15, 0.2) is 29.1 Å². The standard InChI is InChI=1S/C35H50N4O8/c1-35(2,3)30(32(41)39-15-9-14-27(39)33(42)43)37-34(44)47-28-22-23(28)10-5-4-6-12-25-29(46-21-18-38-16-19-45-20-17-38)24-11-7-8-13-26(24)36-31(25)40/h7-8,11,13,23,27-28,30H,4-6,9-10,12,14-22H2,1-3H3,(H,36,40)(H,37,44)(H,42,43)/t23-,27+,28?,30-/m1/s1. The van der Waals surface area contributed by atoms with Gasteiger partial charge in [0, 0.05) is 31.6 Å². The first-order valence-corrected chi connectivity index (χ1v) is 17.1. The van der Waals surface area contributed by atoms with Crippen LogP contribution in [0.1, 0.15) is 71.3 Å². The summed E-state index contributed by atoms with van der Waals surface area (Å²) in [7, 11) is 0. The Hall–Kier alpha value is -3.64. The lowest BCUT2D eigenvalue weighted by Gasteiger charge is -2.34. The van der Waals surface area contributed by atoms with Crippen molar-refractivity contribution in [3.05, 3.63) is 40.2 Å². The highest BCUT2D eigenvalue weighted by atomic mass is 16.6. The van der Waals surface area contributed by atoms with Gasteiger partial charge in [-0.15, -0.1) is 0 Å². The molecule has 0 radical (unpaired) electrons. The van der Waals surface area contributed by atoms with E-state index in [9.17, 15) is 24.3 Å². The molecule has 12 nitrogen and oxygen atoms in total. The minimum atomic E-state index is -1.02. The molecule has 2 aromatic rings. The van der Waals surface area contributed by atoms with E-state index in [0.29, 0.717) is 43.7 Å². The first kappa shape index (κ1) is 34.7. The van der Waals surface area contributed by atoms with E-state index in [0.717, 1.165) is 75.9 Å². The summed E-state index contributed by atoms with van der Waals surface area (Å²) in [5.74, 6) is -0.468. The van der Waals surface area contributed by atoms with Crippen molar-refractivity contribution in [2.45, 2.75) is 90.3 Å². The molecule has 2 amide bonds. The Labute approximate surface area is 276 Å². The van der Waals surface area contributed by atoms with Gasteiger partial charge < -0.3 is 34.5 Å². The Morgan fingerprint density at radius 1 is 1.11 bits per heavy atom. The number of ether oxygens (including phenoxy) is 3. The van der Waals surface area contributed by atoms with Crippen molar-refractivity contribution in [1.29, 1.82) is 0 Å². The lowest BCUT2D eigenvalue weighted by molar-refractivity contribution is -0.150. The fourth-order valence-electron chi connectivity index (χ4n) is 6.69. The number of carbonyl (C=O) groups is 3. The Balaban J connectivity index is 1.07. The molecule has 0 bridgehead atoms. The maximum absolute atomic E-state index is 13.3. The predicted molar refractivity (Wildman–Crippen MR) is 177 cm³/mol.